The number of nitrogens with zero attached hydrogens (tertiary/aromatic N) is 2. The van der Waals surface area contributed by atoms with Crippen LogP contribution in [-0.4, -0.2) is 46.5 Å². The Balaban J connectivity index is 1.49. The molecule has 0 saturated heterocycles. The second-order valence-corrected chi connectivity index (χ2v) is 8.00. The van der Waals surface area contributed by atoms with Crippen LogP contribution >= 0.6 is 0 Å². The summed E-state index contributed by atoms with van der Waals surface area (Å²) in [5, 5.41) is 16.2. The third-order valence-electron chi connectivity index (χ3n) is 5.84. The Morgan fingerprint density at radius 3 is 2.91 bits per heavy atom. The predicted octanol–water partition coefficient (Wildman–Crippen LogP) is 2.74. The van der Waals surface area contributed by atoms with Crippen molar-refractivity contribution in [3.63, 3.8) is 0 Å². The molecule has 1 aromatic carbocycles. The van der Waals surface area contributed by atoms with Gasteiger partial charge in [0.25, 0.3) is 0 Å². The van der Waals surface area contributed by atoms with Gasteiger partial charge >= 0.3 is 6.09 Å². The third-order valence-corrected chi connectivity index (χ3v) is 5.84. The van der Waals surface area contributed by atoms with Crippen LogP contribution in [0.3, 0.4) is 0 Å². The van der Waals surface area contributed by atoms with Gasteiger partial charge in [0, 0.05) is 47.6 Å². The fourth-order valence-corrected chi connectivity index (χ4v) is 4.02. The maximum Gasteiger partial charge on any atom is 0.414 e. The Labute approximate surface area is 182 Å². The molecule has 3 heterocycles. The number of amides is 1. The molecule has 0 spiro atoms. The monoisotopic (exact) mass is 439 g/mol. The standard InChI is InChI=1S/C22H22FN5O4/c1-10-15(8-27-21-20(10)25-2-3-31-21)14-4-11-5-17(26-9-16(11)19(24)18(14)23)32-22(30)28-12-6-13(29)7-12/h4-5,8-9,12-13,25,29H,2-3,6-7,24H2,1H3,(H,28,30). The van der Waals surface area contributed by atoms with Crippen LogP contribution in [0, 0.1) is 12.7 Å². The fourth-order valence-electron chi connectivity index (χ4n) is 4.02. The largest absolute Gasteiger partial charge is 0.474 e. The van der Waals surface area contributed by atoms with Crippen LogP contribution in [0.2, 0.25) is 0 Å². The molecular weight excluding hydrogens is 417 g/mol. The first-order valence-corrected chi connectivity index (χ1v) is 10.3. The van der Waals surface area contributed by atoms with Crippen LogP contribution in [0.1, 0.15) is 18.4 Å². The van der Waals surface area contributed by atoms with Crippen LogP contribution in [0.4, 0.5) is 20.6 Å². The van der Waals surface area contributed by atoms with E-state index in [9.17, 15) is 9.90 Å². The molecule has 2 aliphatic rings. The van der Waals surface area contributed by atoms with E-state index in [0.29, 0.717) is 48.2 Å². The van der Waals surface area contributed by atoms with Crippen LogP contribution in [0.25, 0.3) is 21.9 Å². The van der Waals surface area contributed by atoms with Gasteiger partial charge < -0.3 is 30.9 Å². The van der Waals surface area contributed by atoms with E-state index in [1.54, 1.807) is 12.3 Å². The molecule has 3 aromatic rings. The van der Waals surface area contributed by atoms with Crippen molar-refractivity contribution in [1.82, 2.24) is 15.3 Å². The number of nitrogen functional groups attached to an aromatic ring is 1. The lowest BCUT2D eigenvalue weighted by molar-refractivity contribution is 0.0630. The molecule has 0 radical (unpaired) electrons. The van der Waals surface area contributed by atoms with Crippen LogP contribution in [-0.2, 0) is 0 Å². The summed E-state index contributed by atoms with van der Waals surface area (Å²) in [5.74, 6) is -0.0328. The normalized spacial score (nSPS) is 19.3. The topological polar surface area (TPSA) is 132 Å². The Kier molecular flexibility index (Phi) is 4.93. The number of pyridine rings is 2. The SMILES string of the molecule is Cc1c(-c2cc3cc(OC(=O)NC4CC(O)C4)ncc3c(N)c2F)cnc2c1NCCO2. The predicted molar refractivity (Wildman–Crippen MR) is 116 cm³/mol. The zero-order valence-corrected chi connectivity index (χ0v) is 17.3. The van der Waals surface area contributed by atoms with Crippen molar-refractivity contribution >= 4 is 28.2 Å². The Morgan fingerprint density at radius 2 is 2.12 bits per heavy atom. The van der Waals surface area contributed by atoms with Crippen molar-refractivity contribution in [2.45, 2.75) is 31.9 Å². The molecule has 32 heavy (non-hydrogen) atoms. The number of hydrogen-bond donors (Lipinski definition) is 4. The summed E-state index contributed by atoms with van der Waals surface area (Å²) in [7, 11) is 0. The number of halogens is 1. The molecule has 2 aromatic heterocycles. The van der Waals surface area contributed by atoms with E-state index in [1.807, 2.05) is 6.92 Å². The summed E-state index contributed by atoms with van der Waals surface area (Å²) < 4.78 is 26.0. The van der Waals surface area contributed by atoms with Gasteiger partial charge in [0.1, 0.15) is 12.3 Å². The summed E-state index contributed by atoms with van der Waals surface area (Å²) in [5.41, 5.74) is 8.40. The molecule has 9 nitrogen and oxygen atoms in total. The number of carbonyl (C=O) groups is 1. The van der Waals surface area contributed by atoms with E-state index in [2.05, 4.69) is 20.6 Å². The fraction of sp³-hybridized carbons (Fsp3) is 0.318. The van der Waals surface area contributed by atoms with E-state index < -0.39 is 18.0 Å². The van der Waals surface area contributed by atoms with Gasteiger partial charge in [-0.2, -0.15) is 0 Å². The number of aliphatic hydroxyl groups excluding tert-OH is 1. The minimum absolute atomic E-state index is 0.0502. The van der Waals surface area contributed by atoms with Crippen LogP contribution in [0.5, 0.6) is 11.8 Å². The Hall–Kier alpha value is -3.66. The highest BCUT2D eigenvalue weighted by molar-refractivity contribution is 5.98. The molecule has 1 fully saturated rings. The maximum absolute atomic E-state index is 15.2. The van der Waals surface area contributed by atoms with E-state index in [-0.39, 0.29) is 23.2 Å². The number of ether oxygens (including phenoxy) is 2. The molecule has 166 valence electrons. The summed E-state index contributed by atoms with van der Waals surface area (Å²) in [4.78, 5) is 20.5. The summed E-state index contributed by atoms with van der Waals surface area (Å²) >= 11 is 0. The van der Waals surface area contributed by atoms with Crippen molar-refractivity contribution in [2.24, 2.45) is 0 Å². The number of nitrogens with one attached hydrogen (secondary N) is 2. The summed E-state index contributed by atoms with van der Waals surface area (Å²) in [6.07, 6.45) is 2.87. The highest BCUT2D eigenvalue weighted by Gasteiger charge is 2.29. The lowest BCUT2D eigenvalue weighted by atomic mass is 9.90. The molecular formula is C22H22FN5O4. The molecule has 1 saturated carbocycles. The van der Waals surface area contributed by atoms with Crippen LogP contribution < -0.4 is 25.8 Å². The molecule has 1 amide bonds. The Bertz CT molecular complexity index is 1230. The highest BCUT2D eigenvalue weighted by Crippen LogP contribution is 2.39. The minimum Gasteiger partial charge on any atom is -0.474 e. The van der Waals surface area contributed by atoms with Gasteiger partial charge in [-0.05, 0) is 36.8 Å². The number of benzene rings is 1. The molecule has 10 heteroatoms. The zero-order valence-electron chi connectivity index (χ0n) is 17.3. The first kappa shape index (κ1) is 20.3. The average Bonchev–Trinajstić information content (AvgIpc) is 2.76. The lowest BCUT2D eigenvalue weighted by Gasteiger charge is -2.31. The van der Waals surface area contributed by atoms with Crippen molar-refractivity contribution < 1.29 is 23.8 Å². The number of nitrogens with two attached hydrogens (primary N) is 1. The second-order valence-electron chi connectivity index (χ2n) is 8.00. The van der Waals surface area contributed by atoms with E-state index in [1.165, 1.54) is 12.3 Å². The van der Waals surface area contributed by atoms with E-state index in [0.717, 1.165) is 11.3 Å². The maximum atomic E-state index is 15.2. The van der Waals surface area contributed by atoms with Gasteiger partial charge in [0.05, 0.1) is 11.8 Å². The molecule has 0 bridgehead atoms. The smallest absolute Gasteiger partial charge is 0.414 e. The van der Waals surface area contributed by atoms with Gasteiger partial charge in [-0.25, -0.2) is 19.2 Å². The van der Waals surface area contributed by atoms with E-state index in [4.69, 9.17) is 15.2 Å². The average molecular weight is 439 g/mol. The van der Waals surface area contributed by atoms with E-state index >= 15 is 4.39 Å². The van der Waals surface area contributed by atoms with Crippen molar-refractivity contribution in [1.29, 1.82) is 0 Å². The van der Waals surface area contributed by atoms with Gasteiger partial charge in [-0.15, -0.1) is 0 Å². The van der Waals surface area contributed by atoms with Crippen molar-refractivity contribution in [2.75, 3.05) is 24.2 Å². The summed E-state index contributed by atoms with van der Waals surface area (Å²) in [6, 6.07) is 3.05. The van der Waals surface area contributed by atoms with Gasteiger partial charge in [0.2, 0.25) is 11.8 Å². The zero-order chi connectivity index (χ0) is 22.4. The van der Waals surface area contributed by atoms with Gasteiger partial charge in [-0.3, -0.25) is 0 Å². The highest BCUT2D eigenvalue weighted by atomic mass is 19.1. The van der Waals surface area contributed by atoms with Gasteiger partial charge in [-0.1, -0.05) is 0 Å². The quantitative estimate of drug-likeness (QED) is 0.458. The van der Waals surface area contributed by atoms with Crippen LogP contribution in [0.15, 0.2) is 24.5 Å². The lowest BCUT2D eigenvalue weighted by Crippen LogP contribution is -2.47. The summed E-state index contributed by atoms with van der Waals surface area (Å²) in [6.45, 7) is 3.01. The number of aromatic nitrogens is 2. The third kappa shape index (κ3) is 3.52. The van der Waals surface area contributed by atoms with Gasteiger partial charge in [0.15, 0.2) is 5.82 Å². The molecule has 0 atom stereocenters. The Morgan fingerprint density at radius 1 is 1.31 bits per heavy atom. The number of rotatable bonds is 3. The van der Waals surface area contributed by atoms with Crippen molar-refractivity contribution in [3.05, 3.63) is 35.9 Å². The second kappa shape index (κ2) is 7.79. The number of hydrogen-bond acceptors (Lipinski definition) is 8. The number of carbonyl (C=O) groups excluding carboxylic acids is 1. The number of anilines is 2. The number of aliphatic hydroxyl groups is 1. The minimum atomic E-state index is -0.662. The number of fused-ring (bicyclic) bond motifs is 2. The molecule has 0 unspecified atom stereocenters. The first-order chi connectivity index (χ1) is 15.4. The first-order valence-electron chi connectivity index (χ1n) is 10.3. The molecule has 1 aliphatic carbocycles. The molecule has 1 aliphatic heterocycles. The molecule has 5 rings (SSSR count). The van der Waals surface area contributed by atoms with Crippen molar-refractivity contribution in [3.8, 4) is 22.9 Å². The molecule has 5 N–H and O–H groups in total.